The van der Waals surface area contributed by atoms with E-state index in [0.717, 1.165) is 0 Å². The van der Waals surface area contributed by atoms with Gasteiger partial charge in [0.1, 0.15) is 18.0 Å². The fraction of sp³-hybridized carbons (Fsp3) is 0.500. The number of nitrogens with one attached hydrogen (secondary N) is 1. The van der Waals surface area contributed by atoms with Crippen LogP contribution in [0.15, 0.2) is 22.8 Å². The third-order valence-corrected chi connectivity index (χ3v) is 2.47. The quantitative estimate of drug-likeness (QED) is 0.746. The smallest absolute Gasteiger partial charge is 0.306 e. The molecular weight excluding hydrogens is 198 g/mol. The Balaban J connectivity index is 1.88. The number of carbonyl (C=O) groups is 1. The van der Waals surface area contributed by atoms with Crippen LogP contribution in [-0.2, 0) is 16.1 Å². The number of ether oxygens (including phenoxy) is 1. The number of aliphatic carboxylic acids is 1. The van der Waals surface area contributed by atoms with Gasteiger partial charge in [0.2, 0.25) is 0 Å². The van der Waals surface area contributed by atoms with Crippen LogP contribution in [0.25, 0.3) is 0 Å². The van der Waals surface area contributed by atoms with Crippen molar-refractivity contribution in [1.29, 1.82) is 0 Å². The lowest BCUT2D eigenvalue weighted by Gasteiger charge is -2.41. The van der Waals surface area contributed by atoms with Crippen LogP contribution in [0.4, 0.5) is 0 Å². The number of hydrogen-bond donors (Lipinski definition) is 2. The van der Waals surface area contributed by atoms with E-state index < -0.39 is 11.6 Å². The standard InChI is InChI=1S/C10H13NO4/c12-9(13)4-10(6-11-7-10)15-5-8-2-1-3-14-8/h1-3,11H,4-7H2,(H,12,13). The molecule has 2 N–H and O–H groups in total. The summed E-state index contributed by atoms with van der Waals surface area (Å²) in [6.07, 6.45) is 1.60. The van der Waals surface area contributed by atoms with Crippen molar-refractivity contribution in [2.75, 3.05) is 13.1 Å². The van der Waals surface area contributed by atoms with Crippen molar-refractivity contribution in [2.45, 2.75) is 18.6 Å². The predicted molar refractivity (Wildman–Crippen MR) is 51.4 cm³/mol. The van der Waals surface area contributed by atoms with E-state index in [0.29, 0.717) is 25.5 Å². The summed E-state index contributed by atoms with van der Waals surface area (Å²) < 4.78 is 10.7. The normalized spacial score (nSPS) is 18.4. The molecule has 1 aromatic heterocycles. The van der Waals surface area contributed by atoms with E-state index in [1.54, 1.807) is 18.4 Å². The van der Waals surface area contributed by atoms with Crippen LogP contribution in [-0.4, -0.2) is 29.8 Å². The Morgan fingerprint density at radius 1 is 1.67 bits per heavy atom. The fourth-order valence-corrected chi connectivity index (χ4v) is 1.58. The van der Waals surface area contributed by atoms with Crippen LogP contribution in [0, 0.1) is 0 Å². The Bertz CT molecular complexity index is 329. The summed E-state index contributed by atoms with van der Waals surface area (Å²) in [4.78, 5) is 10.6. The van der Waals surface area contributed by atoms with Gasteiger partial charge in [-0.1, -0.05) is 0 Å². The third-order valence-electron chi connectivity index (χ3n) is 2.47. The molecule has 0 atom stereocenters. The van der Waals surface area contributed by atoms with Gasteiger partial charge in [0.15, 0.2) is 0 Å². The summed E-state index contributed by atoms with van der Waals surface area (Å²) in [6, 6.07) is 3.59. The molecule has 82 valence electrons. The first kappa shape index (κ1) is 10.2. The van der Waals surface area contributed by atoms with Crippen LogP contribution < -0.4 is 5.32 Å². The topological polar surface area (TPSA) is 71.7 Å². The van der Waals surface area contributed by atoms with Gasteiger partial charge in [-0.2, -0.15) is 0 Å². The van der Waals surface area contributed by atoms with E-state index >= 15 is 0 Å². The number of hydrogen-bond acceptors (Lipinski definition) is 4. The van der Waals surface area contributed by atoms with Gasteiger partial charge < -0.3 is 19.6 Å². The maximum atomic E-state index is 10.6. The molecule has 2 heterocycles. The minimum Gasteiger partial charge on any atom is -0.481 e. The Morgan fingerprint density at radius 3 is 2.93 bits per heavy atom. The zero-order valence-corrected chi connectivity index (χ0v) is 8.23. The molecular formula is C10H13NO4. The summed E-state index contributed by atoms with van der Waals surface area (Å²) in [7, 11) is 0. The molecule has 0 aromatic carbocycles. The largest absolute Gasteiger partial charge is 0.481 e. The summed E-state index contributed by atoms with van der Waals surface area (Å²) in [5, 5.41) is 11.8. The second kappa shape index (κ2) is 4.04. The SMILES string of the molecule is O=C(O)CC1(OCc2ccco2)CNC1. The molecule has 1 fully saturated rings. The van der Waals surface area contributed by atoms with Crippen molar-refractivity contribution >= 4 is 5.97 Å². The van der Waals surface area contributed by atoms with Gasteiger partial charge >= 0.3 is 5.97 Å². The van der Waals surface area contributed by atoms with Gasteiger partial charge in [-0.05, 0) is 12.1 Å². The highest BCUT2D eigenvalue weighted by molar-refractivity contribution is 5.68. The van der Waals surface area contributed by atoms with Crippen LogP contribution in [0.5, 0.6) is 0 Å². The summed E-state index contributed by atoms with van der Waals surface area (Å²) in [5.41, 5.74) is -0.557. The first-order chi connectivity index (χ1) is 7.20. The van der Waals surface area contributed by atoms with Crippen LogP contribution in [0.2, 0.25) is 0 Å². The van der Waals surface area contributed by atoms with Crippen molar-refractivity contribution in [1.82, 2.24) is 5.32 Å². The Morgan fingerprint density at radius 2 is 2.47 bits per heavy atom. The molecule has 0 radical (unpaired) electrons. The molecule has 5 nitrogen and oxygen atoms in total. The first-order valence-electron chi connectivity index (χ1n) is 4.79. The van der Waals surface area contributed by atoms with Gasteiger partial charge in [-0.15, -0.1) is 0 Å². The van der Waals surface area contributed by atoms with Crippen molar-refractivity contribution in [3.8, 4) is 0 Å². The van der Waals surface area contributed by atoms with E-state index in [4.69, 9.17) is 14.3 Å². The number of carboxylic acid groups (broad SMARTS) is 1. The van der Waals surface area contributed by atoms with E-state index in [1.165, 1.54) is 0 Å². The van der Waals surface area contributed by atoms with Gasteiger partial charge in [-0.25, -0.2) is 0 Å². The molecule has 1 aromatic rings. The van der Waals surface area contributed by atoms with E-state index in [9.17, 15) is 4.79 Å². The van der Waals surface area contributed by atoms with Crippen LogP contribution >= 0.6 is 0 Å². The molecule has 1 aliphatic heterocycles. The predicted octanol–water partition coefficient (Wildman–Crippen LogP) is 0.613. The van der Waals surface area contributed by atoms with Crippen molar-refractivity contribution in [2.24, 2.45) is 0 Å². The van der Waals surface area contributed by atoms with Crippen molar-refractivity contribution in [3.63, 3.8) is 0 Å². The molecule has 0 bridgehead atoms. The number of carboxylic acids is 1. The Kier molecular flexibility index (Phi) is 2.75. The molecule has 0 aliphatic carbocycles. The molecule has 0 unspecified atom stereocenters. The van der Waals surface area contributed by atoms with Gasteiger partial charge in [0.25, 0.3) is 0 Å². The van der Waals surface area contributed by atoms with Crippen LogP contribution in [0.1, 0.15) is 12.2 Å². The minimum atomic E-state index is -0.837. The van der Waals surface area contributed by atoms with Gasteiger partial charge in [0, 0.05) is 13.1 Å². The lowest BCUT2D eigenvalue weighted by atomic mass is 9.93. The molecule has 1 aliphatic rings. The number of furan rings is 1. The van der Waals surface area contributed by atoms with E-state index in [-0.39, 0.29) is 6.42 Å². The zero-order chi connectivity index (χ0) is 10.7. The molecule has 0 amide bonds. The molecule has 0 spiro atoms. The molecule has 1 saturated heterocycles. The molecule has 2 rings (SSSR count). The van der Waals surface area contributed by atoms with E-state index in [1.807, 2.05) is 0 Å². The maximum absolute atomic E-state index is 10.6. The average Bonchev–Trinajstić information content (AvgIpc) is 2.61. The Labute approximate surface area is 87.0 Å². The summed E-state index contributed by atoms with van der Waals surface area (Å²) in [6.45, 7) is 1.49. The first-order valence-corrected chi connectivity index (χ1v) is 4.79. The van der Waals surface area contributed by atoms with Gasteiger partial charge in [0.05, 0.1) is 12.7 Å². The molecule has 5 heteroatoms. The highest BCUT2D eigenvalue weighted by Gasteiger charge is 2.40. The Hall–Kier alpha value is -1.33. The highest BCUT2D eigenvalue weighted by Crippen LogP contribution is 2.23. The summed E-state index contributed by atoms with van der Waals surface area (Å²) in [5.74, 6) is -0.123. The fourth-order valence-electron chi connectivity index (χ4n) is 1.58. The van der Waals surface area contributed by atoms with Crippen molar-refractivity contribution in [3.05, 3.63) is 24.2 Å². The van der Waals surface area contributed by atoms with Gasteiger partial charge in [-0.3, -0.25) is 4.79 Å². The monoisotopic (exact) mass is 211 g/mol. The van der Waals surface area contributed by atoms with Crippen molar-refractivity contribution < 1.29 is 19.1 Å². The highest BCUT2D eigenvalue weighted by atomic mass is 16.5. The second-order valence-electron chi connectivity index (χ2n) is 3.73. The lowest BCUT2D eigenvalue weighted by Crippen LogP contribution is -2.61. The van der Waals surface area contributed by atoms with Crippen LogP contribution in [0.3, 0.4) is 0 Å². The maximum Gasteiger partial charge on any atom is 0.306 e. The zero-order valence-electron chi connectivity index (χ0n) is 8.23. The lowest BCUT2D eigenvalue weighted by molar-refractivity contribution is -0.152. The summed E-state index contributed by atoms with van der Waals surface area (Å²) >= 11 is 0. The molecule has 15 heavy (non-hydrogen) atoms. The number of rotatable bonds is 5. The second-order valence-corrected chi connectivity index (χ2v) is 3.73. The average molecular weight is 211 g/mol. The third kappa shape index (κ3) is 2.37. The van der Waals surface area contributed by atoms with E-state index in [2.05, 4.69) is 5.32 Å². The molecule has 0 saturated carbocycles. The minimum absolute atomic E-state index is 0.0285.